The smallest absolute Gasteiger partial charge is 0.376 e. The van der Waals surface area contributed by atoms with E-state index in [1.54, 1.807) is 6.07 Å². The summed E-state index contributed by atoms with van der Waals surface area (Å²) >= 11 is 2.86. The molecule has 11 heteroatoms. The van der Waals surface area contributed by atoms with E-state index in [0.29, 0.717) is 13.1 Å². The largest absolute Gasteiger partial charge is 0.417 e. The number of benzene rings is 2. The Morgan fingerprint density at radius 2 is 1.77 bits per heavy atom. The standard InChI is InChI=1S/C19H19BrF3N3O3S/c20-17-7-6-13(11-16(17)19(21,22)23)24-12-18(27)25-14-4-3-5-15(10-14)30(28,29)26-8-1-2-9-26/h3-7,10-11,24H,1-2,8-9,12H2,(H,25,27). The van der Waals surface area contributed by atoms with Crippen molar-refractivity contribution in [2.75, 3.05) is 30.3 Å². The highest BCUT2D eigenvalue weighted by Gasteiger charge is 2.33. The summed E-state index contributed by atoms with van der Waals surface area (Å²) in [4.78, 5) is 12.3. The summed E-state index contributed by atoms with van der Waals surface area (Å²) in [5, 5.41) is 5.19. The minimum Gasteiger partial charge on any atom is -0.376 e. The average molecular weight is 506 g/mol. The predicted molar refractivity (Wildman–Crippen MR) is 111 cm³/mol. The van der Waals surface area contributed by atoms with Gasteiger partial charge in [0.15, 0.2) is 0 Å². The van der Waals surface area contributed by atoms with Gasteiger partial charge in [0, 0.05) is 28.9 Å². The molecule has 0 radical (unpaired) electrons. The second-order valence-corrected chi connectivity index (χ2v) is 9.53. The third kappa shape index (κ3) is 5.32. The lowest BCUT2D eigenvalue weighted by Crippen LogP contribution is -2.28. The van der Waals surface area contributed by atoms with Crippen molar-refractivity contribution in [3.8, 4) is 0 Å². The van der Waals surface area contributed by atoms with E-state index in [4.69, 9.17) is 0 Å². The maximum absolute atomic E-state index is 13.0. The Kier molecular flexibility index (Phi) is 6.73. The molecule has 0 spiro atoms. The van der Waals surface area contributed by atoms with Crippen LogP contribution in [0.15, 0.2) is 51.8 Å². The molecule has 0 aromatic heterocycles. The van der Waals surface area contributed by atoms with Crippen LogP contribution >= 0.6 is 15.9 Å². The monoisotopic (exact) mass is 505 g/mol. The van der Waals surface area contributed by atoms with E-state index in [2.05, 4.69) is 26.6 Å². The fourth-order valence-electron chi connectivity index (χ4n) is 3.05. The number of rotatable bonds is 6. The van der Waals surface area contributed by atoms with Gasteiger partial charge in [-0.1, -0.05) is 22.0 Å². The number of sulfonamides is 1. The van der Waals surface area contributed by atoms with Gasteiger partial charge in [0.1, 0.15) is 0 Å². The molecule has 3 rings (SSSR count). The molecule has 1 aliphatic heterocycles. The molecule has 30 heavy (non-hydrogen) atoms. The molecule has 1 fully saturated rings. The van der Waals surface area contributed by atoms with Crippen LogP contribution in [0.5, 0.6) is 0 Å². The molecular weight excluding hydrogens is 487 g/mol. The van der Waals surface area contributed by atoms with Crippen molar-refractivity contribution in [1.82, 2.24) is 4.31 Å². The van der Waals surface area contributed by atoms with Crippen molar-refractivity contribution in [2.24, 2.45) is 0 Å². The van der Waals surface area contributed by atoms with Gasteiger partial charge in [0.2, 0.25) is 15.9 Å². The van der Waals surface area contributed by atoms with Gasteiger partial charge in [0.05, 0.1) is 17.0 Å². The SMILES string of the molecule is O=C(CNc1ccc(Br)c(C(F)(F)F)c1)Nc1cccc(S(=O)(=O)N2CCCC2)c1. The van der Waals surface area contributed by atoms with Crippen LogP contribution < -0.4 is 10.6 Å². The van der Waals surface area contributed by atoms with E-state index in [0.717, 1.165) is 18.9 Å². The molecular formula is C19H19BrF3N3O3S. The van der Waals surface area contributed by atoms with Gasteiger partial charge < -0.3 is 10.6 Å². The Bertz CT molecular complexity index is 1040. The average Bonchev–Trinajstić information content (AvgIpc) is 3.22. The number of alkyl halides is 3. The molecule has 0 atom stereocenters. The topological polar surface area (TPSA) is 78.5 Å². The van der Waals surface area contributed by atoms with Gasteiger partial charge in [-0.05, 0) is 49.2 Å². The fraction of sp³-hybridized carbons (Fsp3) is 0.316. The Labute approximate surface area is 180 Å². The van der Waals surface area contributed by atoms with Crippen molar-refractivity contribution in [3.63, 3.8) is 0 Å². The predicted octanol–water partition coefficient (Wildman–Crippen LogP) is 4.30. The first-order valence-electron chi connectivity index (χ1n) is 9.08. The van der Waals surface area contributed by atoms with Gasteiger partial charge in [-0.15, -0.1) is 0 Å². The second kappa shape index (κ2) is 8.94. The molecule has 2 aromatic carbocycles. The van der Waals surface area contributed by atoms with Crippen molar-refractivity contribution in [1.29, 1.82) is 0 Å². The van der Waals surface area contributed by atoms with Gasteiger partial charge in [-0.3, -0.25) is 4.79 Å². The van der Waals surface area contributed by atoms with E-state index in [1.807, 2.05) is 0 Å². The Morgan fingerprint density at radius 1 is 1.07 bits per heavy atom. The van der Waals surface area contributed by atoms with Crippen molar-refractivity contribution >= 4 is 43.2 Å². The maximum atomic E-state index is 13.0. The minimum absolute atomic E-state index is 0.0814. The van der Waals surface area contributed by atoms with Gasteiger partial charge in [0.25, 0.3) is 0 Å². The summed E-state index contributed by atoms with van der Waals surface area (Å²) in [5.41, 5.74) is -0.437. The molecule has 162 valence electrons. The highest BCUT2D eigenvalue weighted by atomic mass is 79.9. The Balaban J connectivity index is 1.65. The first-order chi connectivity index (χ1) is 14.1. The molecule has 2 aromatic rings. The Morgan fingerprint density at radius 3 is 2.43 bits per heavy atom. The van der Waals surface area contributed by atoms with Crippen LogP contribution in [0.2, 0.25) is 0 Å². The highest BCUT2D eigenvalue weighted by Crippen LogP contribution is 2.36. The zero-order valence-corrected chi connectivity index (χ0v) is 18.1. The number of nitrogens with one attached hydrogen (secondary N) is 2. The summed E-state index contributed by atoms with van der Waals surface area (Å²) in [6, 6.07) is 9.46. The summed E-state index contributed by atoms with van der Waals surface area (Å²) in [6.45, 7) is 0.647. The molecule has 1 heterocycles. The van der Waals surface area contributed by atoms with Crippen LogP contribution in [-0.2, 0) is 21.0 Å². The first-order valence-corrected chi connectivity index (χ1v) is 11.3. The van der Waals surface area contributed by atoms with Crippen LogP contribution in [0, 0.1) is 0 Å². The summed E-state index contributed by atoms with van der Waals surface area (Å²) in [5.74, 6) is -0.526. The summed E-state index contributed by atoms with van der Waals surface area (Å²) in [7, 11) is -3.62. The number of amides is 1. The van der Waals surface area contributed by atoms with Gasteiger partial charge in [-0.25, -0.2) is 8.42 Å². The molecule has 0 aliphatic carbocycles. The maximum Gasteiger partial charge on any atom is 0.417 e. The molecule has 1 amide bonds. The van der Waals surface area contributed by atoms with Crippen molar-refractivity contribution in [3.05, 3.63) is 52.5 Å². The first kappa shape index (κ1) is 22.6. The Hall–Kier alpha value is -2.11. The molecule has 0 bridgehead atoms. The zero-order chi connectivity index (χ0) is 21.9. The van der Waals surface area contributed by atoms with E-state index < -0.39 is 27.7 Å². The number of hydrogen-bond donors (Lipinski definition) is 2. The lowest BCUT2D eigenvalue weighted by atomic mass is 10.2. The third-order valence-electron chi connectivity index (χ3n) is 4.55. The summed E-state index contributed by atoms with van der Waals surface area (Å²) in [6.07, 6.45) is -2.90. The molecule has 1 aliphatic rings. The van der Waals surface area contributed by atoms with E-state index in [9.17, 15) is 26.4 Å². The van der Waals surface area contributed by atoms with Gasteiger partial charge >= 0.3 is 6.18 Å². The quantitative estimate of drug-likeness (QED) is 0.613. The number of hydrogen-bond acceptors (Lipinski definition) is 4. The number of halogens is 4. The van der Waals surface area contributed by atoms with Crippen LogP contribution in [0.25, 0.3) is 0 Å². The number of carbonyl (C=O) groups is 1. The normalized spacial score (nSPS) is 15.2. The minimum atomic E-state index is -4.53. The fourth-order valence-corrected chi connectivity index (χ4v) is 5.09. The third-order valence-corrected chi connectivity index (χ3v) is 7.13. The van der Waals surface area contributed by atoms with Gasteiger partial charge in [-0.2, -0.15) is 17.5 Å². The van der Waals surface area contributed by atoms with Crippen LogP contribution in [0.1, 0.15) is 18.4 Å². The number of anilines is 2. The van der Waals surface area contributed by atoms with E-state index >= 15 is 0 Å². The molecule has 0 unspecified atom stereocenters. The summed E-state index contributed by atoms with van der Waals surface area (Å²) < 4.78 is 65.5. The molecule has 6 nitrogen and oxygen atoms in total. The number of nitrogens with zero attached hydrogens (tertiary/aromatic N) is 1. The molecule has 1 saturated heterocycles. The molecule has 2 N–H and O–H groups in total. The van der Waals surface area contributed by atoms with E-state index in [-0.39, 0.29) is 27.3 Å². The highest BCUT2D eigenvalue weighted by molar-refractivity contribution is 9.10. The van der Waals surface area contributed by atoms with Crippen molar-refractivity contribution < 1.29 is 26.4 Å². The van der Waals surface area contributed by atoms with Crippen LogP contribution in [0.4, 0.5) is 24.5 Å². The zero-order valence-electron chi connectivity index (χ0n) is 15.7. The van der Waals surface area contributed by atoms with Crippen LogP contribution in [0.3, 0.4) is 0 Å². The molecule has 0 saturated carbocycles. The second-order valence-electron chi connectivity index (χ2n) is 6.73. The lowest BCUT2D eigenvalue weighted by molar-refractivity contribution is -0.138. The lowest BCUT2D eigenvalue weighted by Gasteiger charge is -2.16. The number of carbonyl (C=O) groups excluding carboxylic acids is 1. The van der Waals surface area contributed by atoms with Crippen molar-refractivity contribution in [2.45, 2.75) is 23.9 Å². The van der Waals surface area contributed by atoms with E-state index in [1.165, 1.54) is 34.6 Å². The van der Waals surface area contributed by atoms with Crippen LogP contribution in [-0.4, -0.2) is 38.3 Å².